The summed E-state index contributed by atoms with van der Waals surface area (Å²) < 4.78 is 0. The van der Waals surface area contributed by atoms with Gasteiger partial charge in [0, 0.05) is 28.2 Å². The Morgan fingerprint density at radius 1 is 1.05 bits per heavy atom. The van der Waals surface area contributed by atoms with E-state index in [1.165, 1.54) is 0 Å². The monoisotopic (exact) mass is 276 g/mol. The molecule has 0 aliphatic rings. The Morgan fingerprint density at radius 3 is 2.57 bits per heavy atom. The fourth-order valence-corrected chi connectivity index (χ4v) is 2.15. The number of carbonyl (C=O) groups excluding carboxylic acids is 1. The first-order valence-corrected chi connectivity index (χ1v) is 6.40. The van der Waals surface area contributed by atoms with E-state index in [-0.39, 0.29) is 0 Å². The maximum atomic E-state index is 11.7. The van der Waals surface area contributed by atoms with Gasteiger partial charge in [-0.25, -0.2) is 5.48 Å². The molecule has 3 N–H and O–H groups in total. The van der Waals surface area contributed by atoms with E-state index in [0.29, 0.717) is 11.1 Å². The van der Waals surface area contributed by atoms with Crippen LogP contribution in [0.4, 0.5) is 0 Å². The molecule has 4 heteroatoms. The molecule has 0 fully saturated rings. The van der Waals surface area contributed by atoms with Crippen LogP contribution in [-0.4, -0.2) is 16.1 Å². The van der Waals surface area contributed by atoms with E-state index < -0.39 is 5.91 Å². The standard InChI is InChI=1S/C17H12N2O2/c20-17(19-21)15-10-13(11-16-14(15)8-9-18-16)7-6-12-4-2-1-3-5-12/h1-5,8-11,18,21H,(H,19,20). The van der Waals surface area contributed by atoms with E-state index in [9.17, 15) is 4.79 Å². The third-order valence-corrected chi connectivity index (χ3v) is 3.14. The van der Waals surface area contributed by atoms with Crippen LogP contribution in [0.15, 0.2) is 54.7 Å². The lowest BCUT2D eigenvalue weighted by Crippen LogP contribution is -2.18. The maximum Gasteiger partial charge on any atom is 0.275 e. The molecule has 0 aliphatic heterocycles. The predicted octanol–water partition coefficient (Wildman–Crippen LogP) is 2.69. The van der Waals surface area contributed by atoms with Gasteiger partial charge >= 0.3 is 0 Å². The highest BCUT2D eigenvalue weighted by Gasteiger charge is 2.11. The average Bonchev–Trinajstić information content (AvgIpc) is 3.00. The van der Waals surface area contributed by atoms with Gasteiger partial charge in [-0.3, -0.25) is 10.0 Å². The molecule has 0 unspecified atom stereocenters. The van der Waals surface area contributed by atoms with Gasteiger partial charge in [-0.05, 0) is 30.3 Å². The van der Waals surface area contributed by atoms with Crippen LogP contribution in [0.25, 0.3) is 10.9 Å². The van der Waals surface area contributed by atoms with Crippen molar-refractivity contribution in [2.75, 3.05) is 0 Å². The van der Waals surface area contributed by atoms with Crippen molar-refractivity contribution in [3.8, 4) is 11.8 Å². The molecular weight excluding hydrogens is 264 g/mol. The summed E-state index contributed by atoms with van der Waals surface area (Å²) in [6, 6.07) is 14.9. The molecule has 0 saturated heterocycles. The lowest BCUT2D eigenvalue weighted by molar-refractivity contribution is 0.0708. The molecule has 4 nitrogen and oxygen atoms in total. The van der Waals surface area contributed by atoms with Gasteiger partial charge in [-0.15, -0.1) is 0 Å². The zero-order valence-electron chi connectivity index (χ0n) is 11.1. The Bertz CT molecular complexity index is 855. The van der Waals surface area contributed by atoms with Crippen molar-refractivity contribution in [2.24, 2.45) is 0 Å². The lowest BCUT2D eigenvalue weighted by Gasteiger charge is -2.02. The molecular formula is C17H12N2O2. The van der Waals surface area contributed by atoms with Crippen LogP contribution in [-0.2, 0) is 0 Å². The number of rotatable bonds is 1. The number of amides is 1. The van der Waals surface area contributed by atoms with Gasteiger partial charge in [0.1, 0.15) is 0 Å². The van der Waals surface area contributed by atoms with Crippen LogP contribution >= 0.6 is 0 Å². The summed E-state index contributed by atoms with van der Waals surface area (Å²) in [6.07, 6.45) is 1.74. The van der Waals surface area contributed by atoms with E-state index in [1.54, 1.807) is 23.8 Å². The molecule has 0 bridgehead atoms. The van der Waals surface area contributed by atoms with Crippen LogP contribution in [0, 0.1) is 11.8 Å². The third-order valence-electron chi connectivity index (χ3n) is 3.14. The first-order chi connectivity index (χ1) is 10.3. The van der Waals surface area contributed by atoms with Gasteiger partial charge in [-0.1, -0.05) is 30.0 Å². The molecule has 1 amide bonds. The highest BCUT2D eigenvalue weighted by Crippen LogP contribution is 2.20. The van der Waals surface area contributed by atoms with E-state index in [1.807, 2.05) is 36.4 Å². The minimum absolute atomic E-state index is 0.383. The second-order valence-electron chi connectivity index (χ2n) is 4.52. The minimum atomic E-state index is -0.553. The molecule has 3 aromatic rings. The smallest absolute Gasteiger partial charge is 0.275 e. The average molecular weight is 276 g/mol. The van der Waals surface area contributed by atoms with Crippen molar-refractivity contribution < 1.29 is 10.0 Å². The summed E-state index contributed by atoms with van der Waals surface area (Å²) in [5.74, 6) is 5.52. The number of aromatic amines is 1. The molecule has 21 heavy (non-hydrogen) atoms. The lowest BCUT2D eigenvalue weighted by atomic mass is 10.1. The summed E-state index contributed by atoms with van der Waals surface area (Å²) in [6.45, 7) is 0. The molecule has 0 radical (unpaired) electrons. The quantitative estimate of drug-likeness (QED) is 0.363. The molecule has 102 valence electrons. The second kappa shape index (κ2) is 5.53. The molecule has 1 aromatic heterocycles. The number of fused-ring (bicyclic) bond motifs is 1. The van der Waals surface area contributed by atoms with Crippen LogP contribution in [0.1, 0.15) is 21.5 Å². The summed E-state index contributed by atoms with van der Waals surface area (Å²) >= 11 is 0. The van der Waals surface area contributed by atoms with Crippen molar-refractivity contribution >= 4 is 16.8 Å². The number of hydrogen-bond donors (Lipinski definition) is 3. The predicted molar refractivity (Wildman–Crippen MR) is 80.0 cm³/mol. The summed E-state index contributed by atoms with van der Waals surface area (Å²) in [7, 11) is 0. The Labute approximate surface area is 121 Å². The van der Waals surface area contributed by atoms with Gasteiger partial charge in [0.05, 0.1) is 5.56 Å². The fraction of sp³-hybridized carbons (Fsp3) is 0. The number of carbonyl (C=O) groups is 1. The van der Waals surface area contributed by atoms with Crippen molar-refractivity contribution in [1.29, 1.82) is 0 Å². The van der Waals surface area contributed by atoms with Crippen LogP contribution in [0.2, 0.25) is 0 Å². The van der Waals surface area contributed by atoms with E-state index in [4.69, 9.17) is 5.21 Å². The minimum Gasteiger partial charge on any atom is -0.361 e. The molecule has 0 spiro atoms. The van der Waals surface area contributed by atoms with Gasteiger partial charge in [0.25, 0.3) is 5.91 Å². The fourth-order valence-electron chi connectivity index (χ4n) is 2.15. The molecule has 1 heterocycles. The molecule has 0 saturated carbocycles. The highest BCUT2D eigenvalue weighted by atomic mass is 16.5. The van der Waals surface area contributed by atoms with Gasteiger partial charge < -0.3 is 4.98 Å². The van der Waals surface area contributed by atoms with Gasteiger partial charge in [0.2, 0.25) is 0 Å². The van der Waals surface area contributed by atoms with Gasteiger partial charge in [0.15, 0.2) is 0 Å². The second-order valence-corrected chi connectivity index (χ2v) is 4.52. The first kappa shape index (κ1) is 13.0. The van der Waals surface area contributed by atoms with E-state index >= 15 is 0 Å². The van der Waals surface area contributed by atoms with Crippen LogP contribution in [0.5, 0.6) is 0 Å². The summed E-state index contributed by atoms with van der Waals surface area (Å²) in [5.41, 5.74) is 4.45. The number of hydroxylamine groups is 1. The van der Waals surface area contributed by atoms with E-state index in [0.717, 1.165) is 16.5 Å². The van der Waals surface area contributed by atoms with Crippen LogP contribution < -0.4 is 5.48 Å². The number of nitrogens with one attached hydrogen (secondary N) is 2. The van der Waals surface area contributed by atoms with E-state index in [2.05, 4.69) is 16.8 Å². The number of benzene rings is 2. The Hall–Kier alpha value is -3.03. The Morgan fingerprint density at radius 2 is 1.81 bits per heavy atom. The SMILES string of the molecule is O=C(NO)c1cc(C#Cc2ccccc2)cc2[nH]ccc12. The highest BCUT2D eigenvalue weighted by molar-refractivity contribution is 6.06. The molecule has 0 atom stereocenters. The maximum absolute atomic E-state index is 11.7. The first-order valence-electron chi connectivity index (χ1n) is 6.40. The summed E-state index contributed by atoms with van der Waals surface area (Å²) in [4.78, 5) is 14.8. The normalized spacial score (nSPS) is 9.95. The van der Waals surface area contributed by atoms with Crippen molar-refractivity contribution in [2.45, 2.75) is 0 Å². The number of hydrogen-bond acceptors (Lipinski definition) is 2. The Balaban J connectivity index is 2.08. The van der Waals surface area contributed by atoms with Gasteiger partial charge in [-0.2, -0.15) is 0 Å². The topological polar surface area (TPSA) is 65.1 Å². The molecule has 3 rings (SSSR count). The van der Waals surface area contributed by atoms with Crippen LogP contribution in [0.3, 0.4) is 0 Å². The zero-order valence-corrected chi connectivity index (χ0v) is 11.1. The van der Waals surface area contributed by atoms with Crippen molar-refractivity contribution in [3.05, 3.63) is 71.4 Å². The van der Waals surface area contributed by atoms with Crippen molar-refractivity contribution in [1.82, 2.24) is 10.5 Å². The van der Waals surface area contributed by atoms with Crippen molar-refractivity contribution in [3.63, 3.8) is 0 Å². The Kier molecular flexibility index (Phi) is 3.42. The molecule has 2 aromatic carbocycles. The largest absolute Gasteiger partial charge is 0.361 e. The summed E-state index contributed by atoms with van der Waals surface area (Å²) in [5, 5.41) is 9.58. The molecule has 0 aliphatic carbocycles. The number of H-pyrrole nitrogens is 1. The third kappa shape index (κ3) is 2.64. The zero-order chi connectivity index (χ0) is 14.7. The number of aromatic nitrogens is 1.